The topological polar surface area (TPSA) is 119 Å². The molecule has 0 bridgehead atoms. The predicted octanol–water partition coefficient (Wildman–Crippen LogP) is 1.31. The van der Waals surface area contributed by atoms with Crippen molar-refractivity contribution in [2.24, 2.45) is 5.16 Å². The molecule has 15 heavy (non-hydrogen) atoms. The van der Waals surface area contributed by atoms with Crippen LogP contribution in [0.2, 0.25) is 0 Å². The molecule has 0 radical (unpaired) electrons. The number of nitro benzene ring substituents is 2. The average molecular weight is 211 g/mol. The monoisotopic (exact) mass is 211 g/mol. The molecule has 0 aliphatic rings. The summed E-state index contributed by atoms with van der Waals surface area (Å²) >= 11 is 0. The molecule has 0 aromatic heterocycles. The van der Waals surface area contributed by atoms with Gasteiger partial charge in [0, 0.05) is 6.07 Å². The van der Waals surface area contributed by atoms with Crippen molar-refractivity contribution in [1.29, 1.82) is 0 Å². The molecular formula is C7H5N3O5. The lowest BCUT2D eigenvalue weighted by Crippen LogP contribution is -1.97. The molecule has 1 aromatic rings. The minimum absolute atomic E-state index is 0.00639. The number of non-ortho nitro benzene ring substituents is 1. The van der Waals surface area contributed by atoms with Crippen molar-refractivity contribution in [1.82, 2.24) is 0 Å². The van der Waals surface area contributed by atoms with Gasteiger partial charge in [-0.25, -0.2) is 0 Å². The zero-order valence-electron chi connectivity index (χ0n) is 7.23. The zero-order valence-corrected chi connectivity index (χ0v) is 7.23. The first-order valence-electron chi connectivity index (χ1n) is 3.66. The van der Waals surface area contributed by atoms with Gasteiger partial charge in [-0.3, -0.25) is 20.2 Å². The van der Waals surface area contributed by atoms with Crippen LogP contribution < -0.4 is 0 Å². The fraction of sp³-hybridized carbons (Fsp3) is 0. The maximum atomic E-state index is 10.5. The molecule has 0 aliphatic heterocycles. The molecule has 1 N–H and O–H groups in total. The second-order valence-electron chi connectivity index (χ2n) is 2.50. The van der Waals surface area contributed by atoms with Crippen LogP contribution in [-0.2, 0) is 0 Å². The highest BCUT2D eigenvalue weighted by Crippen LogP contribution is 2.23. The Hall–Kier alpha value is -2.51. The Bertz CT molecular complexity index is 442. The van der Waals surface area contributed by atoms with Crippen LogP contribution in [0.5, 0.6) is 0 Å². The lowest BCUT2D eigenvalue weighted by Gasteiger charge is -1.96. The Morgan fingerprint density at radius 3 is 2.40 bits per heavy atom. The largest absolute Gasteiger partial charge is 0.411 e. The van der Waals surface area contributed by atoms with E-state index in [0.717, 1.165) is 24.4 Å². The quantitative estimate of drug-likeness (QED) is 0.349. The second-order valence-corrected chi connectivity index (χ2v) is 2.50. The number of oxime groups is 1. The Morgan fingerprint density at radius 2 is 1.93 bits per heavy atom. The van der Waals surface area contributed by atoms with Gasteiger partial charge in [-0.05, 0) is 6.07 Å². The first-order chi connectivity index (χ1) is 7.06. The Labute approximate surface area is 82.7 Å². The molecule has 0 heterocycles. The SMILES string of the molecule is O=[N+]([O-])c1ccc(C=NO)c([N+](=O)[O-])c1. The highest BCUT2D eigenvalue weighted by molar-refractivity contribution is 5.85. The van der Waals surface area contributed by atoms with Gasteiger partial charge < -0.3 is 5.21 Å². The number of nitro groups is 2. The van der Waals surface area contributed by atoms with Gasteiger partial charge in [-0.15, -0.1) is 0 Å². The minimum atomic E-state index is -0.788. The molecule has 0 aliphatic carbocycles. The zero-order chi connectivity index (χ0) is 11.4. The van der Waals surface area contributed by atoms with Crippen LogP contribution in [0.15, 0.2) is 23.4 Å². The van der Waals surface area contributed by atoms with E-state index >= 15 is 0 Å². The number of nitrogens with zero attached hydrogens (tertiary/aromatic N) is 3. The summed E-state index contributed by atoms with van der Waals surface area (Å²) in [7, 11) is 0. The van der Waals surface area contributed by atoms with Gasteiger partial charge >= 0.3 is 0 Å². The summed E-state index contributed by atoms with van der Waals surface area (Å²) in [5.41, 5.74) is -0.883. The molecule has 1 aromatic carbocycles. The summed E-state index contributed by atoms with van der Waals surface area (Å²) in [5, 5.41) is 31.7. The summed E-state index contributed by atoms with van der Waals surface area (Å²) in [4.78, 5) is 19.3. The van der Waals surface area contributed by atoms with Crippen LogP contribution in [0, 0.1) is 20.2 Å². The third kappa shape index (κ3) is 2.24. The van der Waals surface area contributed by atoms with Crippen molar-refractivity contribution in [3.63, 3.8) is 0 Å². The van der Waals surface area contributed by atoms with E-state index in [9.17, 15) is 20.2 Å². The molecular weight excluding hydrogens is 206 g/mol. The standard InChI is InChI=1S/C7H5N3O5/c11-8-4-5-1-2-6(9(12)13)3-7(5)10(14)15/h1-4,11H. The maximum absolute atomic E-state index is 10.5. The molecule has 8 nitrogen and oxygen atoms in total. The molecule has 0 amide bonds. The summed E-state index contributed by atoms with van der Waals surface area (Å²) in [5.74, 6) is 0. The van der Waals surface area contributed by atoms with Crippen LogP contribution in [-0.4, -0.2) is 21.3 Å². The summed E-state index contributed by atoms with van der Waals surface area (Å²) in [6.07, 6.45) is 0.835. The highest BCUT2D eigenvalue weighted by Gasteiger charge is 2.17. The van der Waals surface area contributed by atoms with Crippen LogP contribution in [0.1, 0.15) is 5.56 Å². The Balaban J connectivity index is 3.33. The van der Waals surface area contributed by atoms with E-state index in [1.807, 2.05) is 0 Å². The molecule has 0 spiro atoms. The van der Waals surface area contributed by atoms with Crippen molar-refractivity contribution in [3.05, 3.63) is 44.0 Å². The molecule has 8 heteroatoms. The van der Waals surface area contributed by atoms with Crippen LogP contribution in [0.25, 0.3) is 0 Å². The van der Waals surface area contributed by atoms with Crippen LogP contribution in [0.3, 0.4) is 0 Å². The summed E-state index contributed by atoms with van der Waals surface area (Å²) < 4.78 is 0. The third-order valence-corrected chi connectivity index (χ3v) is 1.62. The van der Waals surface area contributed by atoms with Crippen molar-refractivity contribution < 1.29 is 15.1 Å². The fourth-order valence-electron chi connectivity index (χ4n) is 0.975. The van der Waals surface area contributed by atoms with E-state index < -0.39 is 21.2 Å². The van der Waals surface area contributed by atoms with E-state index in [0.29, 0.717) is 0 Å². The Kier molecular flexibility index (Phi) is 2.91. The van der Waals surface area contributed by atoms with Gasteiger partial charge in [0.25, 0.3) is 11.4 Å². The average Bonchev–Trinajstić information content (AvgIpc) is 2.18. The second kappa shape index (κ2) is 4.13. The fourth-order valence-corrected chi connectivity index (χ4v) is 0.975. The molecule has 78 valence electrons. The minimum Gasteiger partial charge on any atom is -0.411 e. The van der Waals surface area contributed by atoms with Crippen molar-refractivity contribution in [3.8, 4) is 0 Å². The van der Waals surface area contributed by atoms with Crippen LogP contribution in [0.4, 0.5) is 11.4 Å². The van der Waals surface area contributed by atoms with Crippen molar-refractivity contribution >= 4 is 17.6 Å². The van der Waals surface area contributed by atoms with Gasteiger partial charge in [-0.2, -0.15) is 0 Å². The molecule has 1 rings (SSSR count). The molecule has 0 fully saturated rings. The lowest BCUT2D eigenvalue weighted by atomic mass is 10.2. The van der Waals surface area contributed by atoms with E-state index in [2.05, 4.69) is 5.16 Å². The summed E-state index contributed by atoms with van der Waals surface area (Å²) in [6, 6.07) is 3.02. The first-order valence-corrected chi connectivity index (χ1v) is 3.66. The summed E-state index contributed by atoms with van der Waals surface area (Å²) in [6.45, 7) is 0. The van der Waals surface area contributed by atoms with Gasteiger partial charge in [-0.1, -0.05) is 5.16 Å². The van der Waals surface area contributed by atoms with Crippen molar-refractivity contribution in [2.75, 3.05) is 0 Å². The van der Waals surface area contributed by atoms with Crippen LogP contribution >= 0.6 is 0 Å². The van der Waals surface area contributed by atoms with Gasteiger partial charge in [0.05, 0.1) is 27.7 Å². The van der Waals surface area contributed by atoms with Gasteiger partial charge in [0.2, 0.25) is 0 Å². The number of hydrogen-bond acceptors (Lipinski definition) is 6. The smallest absolute Gasteiger partial charge is 0.285 e. The van der Waals surface area contributed by atoms with Gasteiger partial charge in [0.15, 0.2) is 0 Å². The van der Waals surface area contributed by atoms with Crippen molar-refractivity contribution in [2.45, 2.75) is 0 Å². The highest BCUT2D eigenvalue weighted by atomic mass is 16.6. The number of rotatable bonds is 3. The predicted molar refractivity (Wildman–Crippen MR) is 49.1 cm³/mol. The van der Waals surface area contributed by atoms with E-state index in [-0.39, 0.29) is 5.56 Å². The van der Waals surface area contributed by atoms with E-state index in [1.54, 1.807) is 0 Å². The molecule has 0 saturated heterocycles. The number of benzene rings is 1. The van der Waals surface area contributed by atoms with E-state index in [1.165, 1.54) is 0 Å². The third-order valence-electron chi connectivity index (χ3n) is 1.62. The Morgan fingerprint density at radius 1 is 1.27 bits per heavy atom. The number of hydrogen-bond donors (Lipinski definition) is 1. The molecule has 0 unspecified atom stereocenters. The maximum Gasteiger partial charge on any atom is 0.285 e. The molecule has 0 atom stereocenters. The first kappa shape index (κ1) is 10.6. The molecule has 0 saturated carbocycles. The normalized spacial score (nSPS) is 10.4. The lowest BCUT2D eigenvalue weighted by molar-refractivity contribution is -0.394. The van der Waals surface area contributed by atoms with E-state index in [4.69, 9.17) is 5.21 Å². The van der Waals surface area contributed by atoms with Gasteiger partial charge in [0.1, 0.15) is 0 Å².